The van der Waals surface area contributed by atoms with Crippen LogP contribution in [0.5, 0.6) is 0 Å². The number of hydrogen-bond acceptors (Lipinski definition) is 4. The summed E-state index contributed by atoms with van der Waals surface area (Å²) < 4.78 is 2.14. The first-order valence-electron chi connectivity index (χ1n) is 13.6. The summed E-state index contributed by atoms with van der Waals surface area (Å²) >= 11 is 0. The highest BCUT2D eigenvalue weighted by atomic mass is 16.2. The topological polar surface area (TPSA) is 53.7 Å². The summed E-state index contributed by atoms with van der Waals surface area (Å²) in [6.07, 6.45) is 5.20. The molecule has 3 aromatic carbocycles. The molecule has 0 spiro atoms. The Morgan fingerprint density at radius 2 is 1.50 bits per heavy atom. The molecule has 0 radical (unpaired) electrons. The Morgan fingerprint density at radius 3 is 2.26 bits per heavy atom. The van der Waals surface area contributed by atoms with Gasteiger partial charge in [-0.05, 0) is 35.1 Å². The number of aromatic nitrogens is 2. The minimum absolute atomic E-state index is 0.0252. The van der Waals surface area contributed by atoms with Crippen LogP contribution in [0.25, 0.3) is 11.1 Å². The van der Waals surface area contributed by atoms with Crippen LogP contribution in [0.2, 0.25) is 0 Å². The van der Waals surface area contributed by atoms with Crippen LogP contribution in [0.1, 0.15) is 53.1 Å². The number of guanidine groups is 1. The van der Waals surface area contributed by atoms with Crippen LogP contribution in [0.4, 0.5) is 5.82 Å². The lowest BCUT2D eigenvalue weighted by molar-refractivity contribution is 0.0854. The zero-order valence-corrected chi connectivity index (χ0v) is 21.6. The number of anilines is 1. The fraction of sp³-hybridized carbons (Fsp3) is 0.281. The summed E-state index contributed by atoms with van der Waals surface area (Å²) in [5.41, 5.74) is 5.40. The molecular formula is C32H31N5O. The van der Waals surface area contributed by atoms with Gasteiger partial charge in [0.05, 0.1) is 12.1 Å². The predicted molar refractivity (Wildman–Crippen MR) is 151 cm³/mol. The fourth-order valence-electron chi connectivity index (χ4n) is 6.22. The molecule has 3 heterocycles. The van der Waals surface area contributed by atoms with E-state index in [-0.39, 0.29) is 18.0 Å². The van der Waals surface area contributed by atoms with Gasteiger partial charge < -0.3 is 4.57 Å². The zero-order chi connectivity index (χ0) is 25.6. The molecule has 0 unspecified atom stereocenters. The number of aliphatic imine (C=N–C) groups is 1. The van der Waals surface area contributed by atoms with Crippen molar-refractivity contribution in [2.75, 3.05) is 11.9 Å². The van der Waals surface area contributed by atoms with Crippen LogP contribution in [0.3, 0.4) is 0 Å². The normalized spacial score (nSPS) is 20.1. The Balaban J connectivity index is 1.30. The third-order valence-electron chi connectivity index (χ3n) is 8.19. The fourth-order valence-corrected chi connectivity index (χ4v) is 6.22. The van der Waals surface area contributed by atoms with Gasteiger partial charge in [-0.1, -0.05) is 97.8 Å². The van der Waals surface area contributed by atoms with Crippen LogP contribution in [-0.2, 0) is 13.0 Å². The van der Waals surface area contributed by atoms with Crippen molar-refractivity contribution in [3.05, 3.63) is 108 Å². The van der Waals surface area contributed by atoms with Crippen LogP contribution < -0.4 is 4.90 Å². The monoisotopic (exact) mass is 501 g/mol. The quantitative estimate of drug-likeness (QED) is 0.349. The highest BCUT2D eigenvalue weighted by Gasteiger charge is 2.48. The molecule has 1 aromatic heterocycles. The maximum Gasteiger partial charge on any atom is 0.280 e. The third kappa shape index (κ3) is 3.83. The Kier molecular flexibility index (Phi) is 5.61. The molecule has 6 heteroatoms. The third-order valence-corrected chi connectivity index (χ3v) is 8.19. The Labute approximate surface area is 223 Å². The standard InChI is InChI=1S/C32H31N5O/c1-35-31(38)29-30(37-27-15-9-8-14-26(27)33-32(35)37)34-28(36(29)21-23-10-4-2-5-11-23)20-22-16-18-25(19-17-22)24-12-6-3-7-13-24/h2-7,10-13,16-19,26-27H,8-9,14-15,20-21H2,1H3/t26-,27+/m1/s1. The second kappa shape index (κ2) is 9.28. The molecule has 4 aromatic rings. The highest BCUT2D eigenvalue weighted by molar-refractivity contribution is 6.18. The van der Waals surface area contributed by atoms with E-state index in [0.29, 0.717) is 18.7 Å². The molecule has 3 aliphatic rings. The first kappa shape index (κ1) is 23.0. The number of amides is 1. The number of imidazole rings is 1. The number of benzene rings is 3. The van der Waals surface area contributed by atoms with Crippen molar-refractivity contribution in [3.63, 3.8) is 0 Å². The van der Waals surface area contributed by atoms with Gasteiger partial charge >= 0.3 is 0 Å². The van der Waals surface area contributed by atoms with Gasteiger partial charge in [0, 0.05) is 20.0 Å². The van der Waals surface area contributed by atoms with Gasteiger partial charge in [-0.2, -0.15) is 0 Å². The summed E-state index contributed by atoms with van der Waals surface area (Å²) in [4.78, 5) is 28.0. The molecule has 0 bridgehead atoms. The van der Waals surface area contributed by atoms with Crippen molar-refractivity contribution < 1.29 is 4.79 Å². The summed E-state index contributed by atoms with van der Waals surface area (Å²) in [6.45, 7) is 0.606. The van der Waals surface area contributed by atoms with Crippen LogP contribution in [0, 0.1) is 0 Å². The number of carbonyl (C=O) groups is 1. The summed E-state index contributed by atoms with van der Waals surface area (Å²) in [7, 11) is 1.86. The van der Waals surface area contributed by atoms with Crippen molar-refractivity contribution in [1.82, 2.24) is 14.5 Å². The van der Waals surface area contributed by atoms with Crippen molar-refractivity contribution >= 4 is 17.7 Å². The lowest BCUT2D eigenvalue weighted by Gasteiger charge is -2.36. The van der Waals surface area contributed by atoms with E-state index >= 15 is 0 Å². The molecule has 0 N–H and O–H groups in total. The van der Waals surface area contributed by atoms with Gasteiger partial charge in [-0.15, -0.1) is 0 Å². The molecule has 2 aliphatic heterocycles. The average molecular weight is 502 g/mol. The molecule has 1 saturated carbocycles. The largest absolute Gasteiger partial charge is 0.317 e. The minimum atomic E-state index is -0.0252. The van der Waals surface area contributed by atoms with E-state index in [1.165, 1.54) is 29.5 Å². The number of fused-ring (bicyclic) bond motifs is 5. The lowest BCUT2D eigenvalue weighted by atomic mass is 9.90. The molecule has 1 aliphatic carbocycles. The Bertz CT molecular complexity index is 1510. The highest BCUT2D eigenvalue weighted by Crippen LogP contribution is 2.40. The van der Waals surface area contributed by atoms with E-state index in [9.17, 15) is 4.79 Å². The molecule has 6 nitrogen and oxygen atoms in total. The molecule has 1 fully saturated rings. The molecular weight excluding hydrogens is 470 g/mol. The van der Waals surface area contributed by atoms with E-state index in [0.717, 1.165) is 36.0 Å². The second-order valence-electron chi connectivity index (χ2n) is 10.6. The summed E-state index contributed by atoms with van der Waals surface area (Å²) in [6, 6.07) is 30.0. The number of carbonyl (C=O) groups excluding carboxylic acids is 1. The van der Waals surface area contributed by atoms with Gasteiger partial charge in [-0.3, -0.25) is 14.6 Å². The molecule has 2 atom stereocenters. The molecule has 190 valence electrons. The van der Waals surface area contributed by atoms with Gasteiger partial charge in [0.25, 0.3) is 5.91 Å². The van der Waals surface area contributed by atoms with E-state index < -0.39 is 0 Å². The van der Waals surface area contributed by atoms with Gasteiger partial charge in [-0.25, -0.2) is 9.98 Å². The van der Waals surface area contributed by atoms with Crippen molar-refractivity contribution in [3.8, 4) is 11.1 Å². The number of rotatable bonds is 5. The lowest BCUT2D eigenvalue weighted by Crippen LogP contribution is -2.52. The second-order valence-corrected chi connectivity index (χ2v) is 10.6. The number of nitrogens with zero attached hydrogens (tertiary/aromatic N) is 5. The maximum absolute atomic E-state index is 13.8. The first-order chi connectivity index (χ1) is 18.7. The molecule has 38 heavy (non-hydrogen) atoms. The zero-order valence-electron chi connectivity index (χ0n) is 21.6. The summed E-state index contributed by atoms with van der Waals surface area (Å²) in [5, 5.41) is 0. The SMILES string of the molecule is CN1C(=O)c2c(nc(Cc3ccc(-c4ccccc4)cc3)n2Cc2ccccc2)N2C1=N[C@@H]1CCCC[C@@H]12. The predicted octanol–water partition coefficient (Wildman–Crippen LogP) is 5.76. The van der Waals surface area contributed by atoms with Crippen molar-refractivity contribution in [2.24, 2.45) is 4.99 Å². The van der Waals surface area contributed by atoms with Crippen LogP contribution in [-0.4, -0.2) is 45.4 Å². The average Bonchev–Trinajstić information content (AvgIpc) is 3.52. The van der Waals surface area contributed by atoms with Crippen molar-refractivity contribution in [1.29, 1.82) is 0 Å². The van der Waals surface area contributed by atoms with Crippen LogP contribution in [0.15, 0.2) is 89.9 Å². The molecule has 1 amide bonds. The first-order valence-corrected chi connectivity index (χ1v) is 13.6. The van der Waals surface area contributed by atoms with Crippen LogP contribution >= 0.6 is 0 Å². The minimum Gasteiger partial charge on any atom is -0.317 e. The van der Waals surface area contributed by atoms with E-state index in [1.54, 1.807) is 4.90 Å². The van der Waals surface area contributed by atoms with E-state index in [4.69, 9.17) is 9.98 Å². The van der Waals surface area contributed by atoms with Gasteiger partial charge in [0.1, 0.15) is 5.82 Å². The number of hydrogen-bond donors (Lipinski definition) is 0. The Hall–Kier alpha value is -4.19. The van der Waals surface area contributed by atoms with Crippen molar-refractivity contribution in [2.45, 2.75) is 50.7 Å². The maximum atomic E-state index is 13.8. The Morgan fingerprint density at radius 1 is 0.816 bits per heavy atom. The summed E-state index contributed by atoms with van der Waals surface area (Å²) in [5.74, 6) is 2.44. The molecule has 0 saturated heterocycles. The van der Waals surface area contributed by atoms with E-state index in [2.05, 4.69) is 70.1 Å². The van der Waals surface area contributed by atoms with Gasteiger partial charge in [0.2, 0.25) is 5.96 Å². The molecule has 7 rings (SSSR count). The van der Waals surface area contributed by atoms with Gasteiger partial charge in [0.15, 0.2) is 11.5 Å². The van der Waals surface area contributed by atoms with E-state index in [1.807, 2.05) is 31.3 Å². The smallest absolute Gasteiger partial charge is 0.280 e.